The SMILES string of the molecule is CC(C)N(CC(N)=NO)S(=O)(=O)c1c(F)cc(F)cc1F. The third-order valence-electron chi connectivity index (χ3n) is 2.55. The molecule has 0 aliphatic heterocycles. The lowest BCUT2D eigenvalue weighted by atomic mass is 10.3. The minimum absolute atomic E-state index is 0.262. The number of nitrogens with two attached hydrogens (primary N) is 1. The molecule has 0 heterocycles. The van der Waals surface area contributed by atoms with Crippen molar-refractivity contribution in [2.45, 2.75) is 24.8 Å². The van der Waals surface area contributed by atoms with E-state index in [4.69, 9.17) is 10.9 Å². The van der Waals surface area contributed by atoms with E-state index in [2.05, 4.69) is 5.16 Å². The predicted octanol–water partition coefficient (Wildman–Crippen LogP) is 1.25. The summed E-state index contributed by atoms with van der Waals surface area (Å²) in [6.45, 7) is 2.29. The molecule has 0 saturated heterocycles. The summed E-state index contributed by atoms with van der Waals surface area (Å²) in [7, 11) is -4.64. The maximum atomic E-state index is 13.7. The van der Waals surface area contributed by atoms with Crippen molar-refractivity contribution in [3.05, 3.63) is 29.6 Å². The summed E-state index contributed by atoms with van der Waals surface area (Å²) in [6, 6.07) is -0.213. The van der Waals surface area contributed by atoms with E-state index in [1.807, 2.05) is 0 Å². The van der Waals surface area contributed by atoms with E-state index in [0.29, 0.717) is 4.31 Å². The highest BCUT2D eigenvalue weighted by molar-refractivity contribution is 7.89. The van der Waals surface area contributed by atoms with Crippen LogP contribution in [0, 0.1) is 17.5 Å². The second kappa shape index (κ2) is 6.31. The maximum Gasteiger partial charge on any atom is 0.249 e. The predicted molar refractivity (Wildman–Crippen MR) is 68.8 cm³/mol. The first-order valence-electron chi connectivity index (χ1n) is 5.74. The van der Waals surface area contributed by atoms with Crippen molar-refractivity contribution in [2.75, 3.05) is 6.54 Å². The number of hydrogen-bond donors (Lipinski definition) is 2. The Balaban J connectivity index is 3.44. The molecule has 21 heavy (non-hydrogen) atoms. The van der Waals surface area contributed by atoms with Crippen molar-refractivity contribution in [3.8, 4) is 0 Å². The molecule has 1 aromatic carbocycles. The minimum atomic E-state index is -4.64. The summed E-state index contributed by atoms with van der Waals surface area (Å²) >= 11 is 0. The van der Waals surface area contributed by atoms with Crippen LogP contribution in [0.2, 0.25) is 0 Å². The Labute approximate surface area is 119 Å². The van der Waals surface area contributed by atoms with Gasteiger partial charge in [-0.15, -0.1) is 0 Å². The summed E-state index contributed by atoms with van der Waals surface area (Å²) in [5.41, 5.74) is 5.23. The van der Waals surface area contributed by atoms with Crippen molar-refractivity contribution < 1.29 is 26.8 Å². The van der Waals surface area contributed by atoms with E-state index in [9.17, 15) is 21.6 Å². The molecule has 0 saturated carbocycles. The fourth-order valence-electron chi connectivity index (χ4n) is 1.63. The first kappa shape index (κ1) is 17.2. The highest BCUT2D eigenvalue weighted by Crippen LogP contribution is 2.25. The highest BCUT2D eigenvalue weighted by Gasteiger charge is 2.33. The van der Waals surface area contributed by atoms with Crippen LogP contribution in [-0.4, -0.2) is 36.4 Å². The highest BCUT2D eigenvalue weighted by atomic mass is 32.2. The molecule has 0 atom stereocenters. The Morgan fingerprint density at radius 3 is 2.19 bits per heavy atom. The Hall–Kier alpha value is -1.81. The van der Waals surface area contributed by atoms with Crippen molar-refractivity contribution in [1.82, 2.24) is 4.31 Å². The van der Waals surface area contributed by atoms with Crippen molar-refractivity contribution in [3.63, 3.8) is 0 Å². The van der Waals surface area contributed by atoms with Crippen molar-refractivity contribution in [2.24, 2.45) is 10.9 Å². The van der Waals surface area contributed by atoms with Gasteiger partial charge in [-0.05, 0) is 13.8 Å². The number of sulfonamides is 1. The fraction of sp³-hybridized carbons (Fsp3) is 0.364. The van der Waals surface area contributed by atoms with E-state index in [1.54, 1.807) is 0 Å². The van der Waals surface area contributed by atoms with E-state index >= 15 is 0 Å². The molecule has 3 N–H and O–H groups in total. The van der Waals surface area contributed by atoms with Gasteiger partial charge >= 0.3 is 0 Å². The summed E-state index contributed by atoms with van der Waals surface area (Å²) in [6.07, 6.45) is 0. The van der Waals surface area contributed by atoms with Crippen molar-refractivity contribution in [1.29, 1.82) is 0 Å². The van der Waals surface area contributed by atoms with Gasteiger partial charge in [0.2, 0.25) is 10.0 Å². The van der Waals surface area contributed by atoms with Gasteiger partial charge < -0.3 is 10.9 Å². The van der Waals surface area contributed by atoms with Gasteiger partial charge in [0, 0.05) is 18.2 Å². The second-order valence-electron chi connectivity index (χ2n) is 4.43. The van der Waals surface area contributed by atoms with Gasteiger partial charge in [-0.2, -0.15) is 4.31 Å². The monoisotopic (exact) mass is 325 g/mol. The van der Waals surface area contributed by atoms with Gasteiger partial charge in [-0.3, -0.25) is 0 Å². The molecule has 0 amide bonds. The molecule has 0 radical (unpaired) electrons. The van der Waals surface area contributed by atoms with Crippen LogP contribution in [0.1, 0.15) is 13.8 Å². The Bertz CT molecular complexity index is 639. The molecular formula is C11H14F3N3O3S. The van der Waals surface area contributed by atoms with Crippen LogP contribution in [0.3, 0.4) is 0 Å². The normalized spacial score (nSPS) is 13.2. The molecule has 0 aliphatic carbocycles. The van der Waals surface area contributed by atoms with Crippen LogP contribution in [0.25, 0.3) is 0 Å². The van der Waals surface area contributed by atoms with Gasteiger partial charge in [0.05, 0.1) is 6.54 Å². The topological polar surface area (TPSA) is 96.0 Å². The largest absolute Gasteiger partial charge is 0.409 e. The number of amidine groups is 1. The zero-order valence-electron chi connectivity index (χ0n) is 11.2. The third kappa shape index (κ3) is 3.64. The van der Waals surface area contributed by atoms with Crippen LogP contribution < -0.4 is 5.73 Å². The smallest absolute Gasteiger partial charge is 0.249 e. The maximum absolute atomic E-state index is 13.7. The number of benzene rings is 1. The van der Waals surface area contributed by atoms with E-state index in [1.165, 1.54) is 13.8 Å². The molecule has 1 rings (SSSR count). The second-order valence-corrected chi connectivity index (χ2v) is 6.26. The van der Waals surface area contributed by atoms with E-state index in [0.717, 1.165) is 0 Å². The Morgan fingerprint density at radius 1 is 1.33 bits per heavy atom. The van der Waals surface area contributed by atoms with Gasteiger partial charge in [-0.25, -0.2) is 21.6 Å². The van der Waals surface area contributed by atoms with Crippen LogP contribution >= 0.6 is 0 Å². The van der Waals surface area contributed by atoms with Crippen LogP contribution in [0.15, 0.2) is 22.2 Å². The summed E-state index contributed by atoms with van der Waals surface area (Å²) in [4.78, 5) is -1.29. The molecule has 0 aliphatic rings. The van der Waals surface area contributed by atoms with Crippen LogP contribution in [0.5, 0.6) is 0 Å². The van der Waals surface area contributed by atoms with Crippen LogP contribution in [-0.2, 0) is 10.0 Å². The molecule has 0 aromatic heterocycles. The Morgan fingerprint density at radius 2 is 1.81 bits per heavy atom. The molecule has 0 fully saturated rings. The zero-order chi connectivity index (χ0) is 16.4. The summed E-state index contributed by atoms with van der Waals surface area (Å²) < 4.78 is 65.4. The number of hydrogen-bond acceptors (Lipinski definition) is 4. The molecule has 10 heteroatoms. The molecule has 118 valence electrons. The fourth-order valence-corrected chi connectivity index (χ4v) is 3.33. The molecule has 0 unspecified atom stereocenters. The lowest BCUT2D eigenvalue weighted by Gasteiger charge is -2.25. The molecule has 1 aromatic rings. The van der Waals surface area contributed by atoms with Gasteiger partial charge in [-0.1, -0.05) is 5.16 Å². The standard InChI is InChI=1S/C11H14F3N3O3S/c1-6(2)17(5-10(15)16-18)21(19,20)11-8(13)3-7(12)4-9(11)14/h3-4,6,18H,5H2,1-2H3,(H2,15,16). The number of oxime groups is 1. The first-order valence-corrected chi connectivity index (χ1v) is 7.18. The molecule has 6 nitrogen and oxygen atoms in total. The number of rotatable bonds is 5. The minimum Gasteiger partial charge on any atom is -0.409 e. The number of nitrogens with zero attached hydrogens (tertiary/aromatic N) is 2. The van der Waals surface area contributed by atoms with Gasteiger partial charge in [0.25, 0.3) is 0 Å². The molecular weight excluding hydrogens is 311 g/mol. The first-order chi connectivity index (χ1) is 9.61. The van der Waals surface area contributed by atoms with Crippen LogP contribution in [0.4, 0.5) is 13.2 Å². The van der Waals surface area contributed by atoms with Gasteiger partial charge in [0.1, 0.15) is 17.5 Å². The number of halogens is 3. The average Bonchev–Trinajstić information content (AvgIpc) is 2.33. The Kier molecular flexibility index (Phi) is 5.18. The average molecular weight is 325 g/mol. The van der Waals surface area contributed by atoms with E-state index < -0.39 is 50.8 Å². The quantitative estimate of drug-likeness (QED) is 0.368. The third-order valence-corrected chi connectivity index (χ3v) is 4.63. The summed E-state index contributed by atoms with van der Waals surface area (Å²) in [5, 5.41) is 11.1. The van der Waals surface area contributed by atoms with Gasteiger partial charge in [0.15, 0.2) is 10.7 Å². The summed E-state index contributed by atoms with van der Waals surface area (Å²) in [5.74, 6) is -4.82. The molecule has 0 bridgehead atoms. The lowest BCUT2D eigenvalue weighted by molar-refractivity contribution is 0.312. The van der Waals surface area contributed by atoms with E-state index in [-0.39, 0.29) is 12.1 Å². The zero-order valence-corrected chi connectivity index (χ0v) is 12.0. The molecule has 0 spiro atoms. The van der Waals surface area contributed by atoms with Crippen molar-refractivity contribution >= 4 is 15.9 Å². The lowest BCUT2D eigenvalue weighted by Crippen LogP contribution is -2.43.